The summed E-state index contributed by atoms with van der Waals surface area (Å²) in [5.41, 5.74) is 1.95. The molecule has 1 aromatic heterocycles. The molecule has 0 saturated heterocycles. The van der Waals surface area contributed by atoms with E-state index in [1.54, 1.807) is 0 Å². The Kier molecular flexibility index (Phi) is 4.10. The van der Waals surface area contributed by atoms with Gasteiger partial charge in [0, 0.05) is 10.9 Å². The molecule has 0 radical (unpaired) electrons. The van der Waals surface area contributed by atoms with Crippen LogP contribution < -0.4 is 4.74 Å². The summed E-state index contributed by atoms with van der Waals surface area (Å²) in [4.78, 5) is 14.8. The maximum absolute atomic E-state index is 10.4. The fraction of sp³-hybridized carbons (Fsp3) is 0.286. The molecule has 0 aliphatic rings. The molecule has 3 nitrogen and oxygen atoms in total. The summed E-state index contributed by atoms with van der Waals surface area (Å²) in [5, 5.41) is 2.82. The first-order valence-corrected chi connectivity index (χ1v) is 6.72. The van der Waals surface area contributed by atoms with E-state index in [1.807, 2.05) is 43.5 Å². The number of aldehydes is 1. The van der Waals surface area contributed by atoms with Crippen molar-refractivity contribution in [2.45, 2.75) is 26.4 Å². The average Bonchev–Trinajstić information content (AvgIpc) is 2.78. The maximum Gasteiger partial charge on any atom is 0.126 e. The molecule has 0 fully saturated rings. The molecule has 94 valence electrons. The van der Waals surface area contributed by atoms with Crippen LogP contribution in [0.4, 0.5) is 0 Å². The summed E-state index contributed by atoms with van der Waals surface area (Å²) in [7, 11) is 0. The van der Waals surface area contributed by atoms with Gasteiger partial charge < -0.3 is 9.53 Å². The van der Waals surface area contributed by atoms with E-state index in [2.05, 4.69) is 4.98 Å². The molecule has 0 aliphatic carbocycles. The summed E-state index contributed by atoms with van der Waals surface area (Å²) >= 11 is 1.51. The molecule has 0 saturated carbocycles. The van der Waals surface area contributed by atoms with Crippen LogP contribution in [0, 0.1) is 0 Å². The van der Waals surface area contributed by atoms with Gasteiger partial charge in [0.25, 0.3) is 0 Å². The highest BCUT2D eigenvalue weighted by atomic mass is 32.1. The fourth-order valence-electron chi connectivity index (χ4n) is 1.58. The van der Waals surface area contributed by atoms with Crippen molar-refractivity contribution in [3.05, 3.63) is 34.7 Å². The van der Waals surface area contributed by atoms with Crippen molar-refractivity contribution in [3.8, 4) is 17.0 Å². The number of ether oxygens (including phenoxy) is 1. The lowest BCUT2D eigenvalue weighted by molar-refractivity contribution is -0.107. The molecule has 0 N–H and O–H groups in total. The summed E-state index contributed by atoms with van der Waals surface area (Å²) in [5.74, 6) is 0.858. The zero-order chi connectivity index (χ0) is 13.0. The van der Waals surface area contributed by atoms with Gasteiger partial charge in [-0.05, 0) is 38.1 Å². The molecule has 2 rings (SSSR count). The summed E-state index contributed by atoms with van der Waals surface area (Å²) in [6, 6.07) is 7.84. The quantitative estimate of drug-likeness (QED) is 0.775. The Morgan fingerprint density at radius 2 is 2.06 bits per heavy atom. The van der Waals surface area contributed by atoms with E-state index in [4.69, 9.17) is 4.74 Å². The minimum atomic E-state index is 0.175. The first-order chi connectivity index (χ1) is 8.69. The van der Waals surface area contributed by atoms with Crippen LogP contribution in [0.2, 0.25) is 0 Å². The number of carbonyl (C=O) groups excluding carboxylic acids is 1. The normalized spacial score (nSPS) is 10.6. The molecule has 0 aliphatic heterocycles. The van der Waals surface area contributed by atoms with E-state index in [9.17, 15) is 4.79 Å². The van der Waals surface area contributed by atoms with Gasteiger partial charge in [0.2, 0.25) is 0 Å². The third kappa shape index (κ3) is 3.17. The summed E-state index contributed by atoms with van der Waals surface area (Å²) in [6.45, 7) is 4.00. The Morgan fingerprint density at radius 1 is 1.33 bits per heavy atom. The third-order valence-electron chi connectivity index (χ3n) is 2.33. The Morgan fingerprint density at radius 3 is 2.67 bits per heavy atom. The predicted molar refractivity (Wildman–Crippen MR) is 73.1 cm³/mol. The largest absolute Gasteiger partial charge is 0.491 e. The minimum absolute atomic E-state index is 0.175. The zero-order valence-corrected chi connectivity index (χ0v) is 11.2. The number of thiazole rings is 1. The number of carbonyl (C=O) groups is 1. The molecule has 0 amide bonds. The lowest BCUT2D eigenvalue weighted by Gasteiger charge is -2.09. The predicted octanol–water partition coefficient (Wildman–Crippen LogP) is 3.34. The van der Waals surface area contributed by atoms with Gasteiger partial charge in [-0.25, -0.2) is 4.98 Å². The lowest BCUT2D eigenvalue weighted by atomic mass is 10.2. The van der Waals surface area contributed by atoms with Crippen LogP contribution in [-0.4, -0.2) is 17.4 Å². The SMILES string of the molecule is CC(C)Oc1ccc(-c2csc(CC=O)n2)cc1. The van der Waals surface area contributed by atoms with E-state index in [0.29, 0.717) is 6.42 Å². The Hall–Kier alpha value is -1.68. The number of benzene rings is 1. The minimum Gasteiger partial charge on any atom is -0.491 e. The molecular weight excluding hydrogens is 246 g/mol. The van der Waals surface area contributed by atoms with Crippen molar-refractivity contribution in [1.82, 2.24) is 4.98 Å². The number of hydrogen-bond donors (Lipinski definition) is 0. The highest BCUT2D eigenvalue weighted by Gasteiger charge is 2.05. The number of hydrogen-bond acceptors (Lipinski definition) is 4. The van der Waals surface area contributed by atoms with Gasteiger partial charge in [0.1, 0.15) is 17.0 Å². The molecule has 18 heavy (non-hydrogen) atoms. The molecule has 4 heteroatoms. The van der Waals surface area contributed by atoms with Crippen molar-refractivity contribution >= 4 is 17.6 Å². The second-order valence-electron chi connectivity index (χ2n) is 4.19. The van der Waals surface area contributed by atoms with Crippen molar-refractivity contribution in [2.24, 2.45) is 0 Å². The van der Waals surface area contributed by atoms with Crippen LogP contribution in [0.3, 0.4) is 0 Å². The fourth-order valence-corrected chi connectivity index (χ4v) is 2.34. The third-order valence-corrected chi connectivity index (χ3v) is 3.20. The standard InChI is InChI=1S/C14H15NO2S/c1-10(2)17-12-5-3-11(4-6-12)13-9-18-14(15-13)7-8-16/h3-6,8-10H,7H2,1-2H3. The second-order valence-corrected chi connectivity index (χ2v) is 5.13. The van der Waals surface area contributed by atoms with Crippen LogP contribution >= 0.6 is 11.3 Å². The monoisotopic (exact) mass is 261 g/mol. The second kappa shape index (κ2) is 5.78. The van der Waals surface area contributed by atoms with Crippen molar-refractivity contribution in [2.75, 3.05) is 0 Å². The first kappa shape index (κ1) is 12.8. The molecule has 0 atom stereocenters. The zero-order valence-electron chi connectivity index (χ0n) is 10.4. The molecule has 1 aromatic carbocycles. The number of aromatic nitrogens is 1. The van der Waals surface area contributed by atoms with Gasteiger partial charge in [0.05, 0.1) is 18.2 Å². The smallest absolute Gasteiger partial charge is 0.126 e. The van der Waals surface area contributed by atoms with E-state index in [-0.39, 0.29) is 6.10 Å². The average molecular weight is 261 g/mol. The van der Waals surface area contributed by atoms with E-state index >= 15 is 0 Å². The number of nitrogens with zero attached hydrogens (tertiary/aromatic N) is 1. The Balaban J connectivity index is 2.15. The van der Waals surface area contributed by atoms with E-state index in [0.717, 1.165) is 28.3 Å². The Bertz CT molecular complexity index is 517. The van der Waals surface area contributed by atoms with Gasteiger partial charge in [0.15, 0.2) is 0 Å². The maximum atomic E-state index is 10.4. The van der Waals surface area contributed by atoms with E-state index < -0.39 is 0 Å². The van der Waals surface area contributed by atoms with Gasteiger partial charge in [-0.3, -0.25) is 0 Å². The van der Waals surface area contributed by atoms with Crippen molar-refractivity contribution in [3.63, 3.8) is 0 Å². The topological polar surface area (TPSA) is 39.2 Å². The van der Waals surface area contributed by atoms with Gasteiger partial charge in [-0.1, -0.05) is 0 Å². The Labute approximate surface area is 110 Å². The lowest BCUT2D eigenvalue weighted by Crippen LogP contribution is -2.05. The van der Waals surface area contributed by atoms with Crippen LogP contribution in [-0.2, 0) is 11.2 Å². The molecule has 2 aromatic rings. The highest BCUT2D eigenvalue weighted by molar-refractivity contribution is 7.10. The number of rotatable bonds is 5. The van der Waals surface area contributed by atoms with Crippen LogP contribution in [0.5, 0.6) is 5.75 Å². The summed E-state index contributed by atoms with van der Waals surface area (Å²) < 4.78 is 5.58. The van der Waals surface area contributed by atoms with Gasteiger partial charge in [-0.2, -0.15) is 0 Å². The molecule has 1 heterocycles. The van der Waals surface area contributed by atoms with E-state index in [1.165, 1.54) is 11.3 Å². The molecule has 0 spiro atoms. The van der Waals surface area contributed by atoms with Crippen LogP contribution in [0.25, 0.3) is 11.3 Å². The molecule has 0 bridgehead atoms. The van der Waals surface area contributed by atoms with Crippen LogP contribution in [0.1, 0.15) is 18.9 Å². The molecular formula is C14H15NO2S. The summed E-state index contributed by atoms with van der Waals surface area (Å²) in [6.07, 6.45) is 1.44. The first-order valence-electron chi connectivity index (χ1n) is 5.84. The highest BCUT2D eigenvalue weighted by Crippen LogP contribution is 2.24. The van der Waals surface area contributed by atoms with Gasteiger partial charge in [-0.15, -0.1) is 11.3 Å². The molecule has 0 unspecified atom stereocenters. The van der Waals surface area contributed by atoms with Crippen LogP contribution in [0.15, 0.2) is 29.6 Å². The van der Waals surface area contributed by atoms with Crippen molar-refractivity contribution in [1.29, 1.82) is 0 Å². The van der Waals surface area contributed by atoms with Crippen molar-refractivity contribution < 1.29 is 9.53 Å². The van der Waals surface area contributed by atoms with Gasteiger partial charge >= 0.3 is 0 Å².